The second kappa shape index (κ2) is 8.33. The van der Waals surface area contributed by atoms with Crippen LogP contribution < -0.4 is 15.4 Å². The Morgan fingerprint density at radius 3 is 2.91 bits per heavy atom. The third kappa shape index (κ3) is 5.33. The number of terminal acetylenes is 1. The zero-order chi connectivity index (χ0) is 15.8. The van der Waals surface area contributed by atoms with Gasteiger partial charge in [-0.2, -0.15) is 0 Å². The van der Waals surface area contributed by atoms with Crippen molar-refractivity contribution in [3.63, 3.8) is 0 Å². The first-order chi connectivity index (χ1) is 10.7. The van der Waals surface area contributed by atoms with Crippen LogP contribution in [0.4, 0.5) is 0 Å². The Morgan fingerprint density at radius 2 is 2.23 bits per heavy atom. The Labute approximate surface area is 133 Å². The molecular formula is C18H25N3O. The van der Waals surface area contributed by atoms with Crippen LogP contribution in [0.1, 0.15) is 30.9 Å². The maximum Gasteiger partial charge on any atom is 0.192 e. The predicted octanol–water partition coefficient (Wildman–Crippen LogP) is 2.47. The summed E-state index contributed by atoms with van der Waals surface area (Å²) in [6.07, 6.45) is 7.86. The number of hydrogen-bond donors (Lipinski definition) is 2. The van der Waals surface area contributed by atoms with Crippen molar-refractivity contribution in [1.82, 2.24) is 10.6 Å². The smallest absolute Gasteiger partial charge is 0.192 e. The van der Waals surface area contributed by atoms with E-state index < -0.39 is 0 Å². The van der Waals surface area contributed by atoms with Crippen LogP contribution in [-0.2, 0) is 6.54 Å². The van der Waals surface area contributed by atoms with Gasteiger partial charge in [-0.25, -0.2) is 4.99 Å². The van der Waals surface area contributed by atoms with Gasteiger partial charge in [0.2, 0.25) is 0 Å². The number of nitrogens with one attached hydrogen (secondary N) is 2. The molecule has 22 heavy (non-hydrogen) atoms. The van der Waals surface area contributed by atoms with Gasteiger partial charge in [-0.15, -0.1) is 6.42 Å². The predicted molar refractivity (Wildman–Crippen MR) is 91.0 cm³/mol. The van der Waals surface area contributed by atoms with Gasteiger partial charge in [-0.05, 0) is 44.2 Å². The number of ether oxygens (including phenoxy) is 1. The van der Waals surface area contributed by atoms with E-state index in [2.05, 4.69) is 46.7 Å². The number of nitrogens with zero attached hydrogens (tertiary/aromatic N) is 1. The van der Waals surface area contributed by atoms with E-state index in [0.29, 0.717) is 13.1 Å². The minimum Gasteiger partial charge on any atom is -0.493 e. The van der Waals surface area contributed by atoms with Crippen molar-refractivity contribution in [2.24, 2.45) is 10.9 Å². The molecule has 0 aliphatic heterocycles. The summed E-state index contributed by atoms with van der Waals surface area (Å²) in [5, 5.41) is 6.27. The number of aliphatic imine (C=N–C) groups is 1. The highest BCUT2D eigenvalue weighted by atomic mass is 16.5. The Bertz CT molecular complexity index is 556. The monoisotopic (exact) mass is 299 g/mol. The maximum absolute atomic E-state index is 5.97. The van der Waals surface area contributed by atoms with Gasteiger partial charge in [0.1, 0.15) is 5.75 Å². The molecule has 1 aliphatic rings. The second-order valence-corrected chi connectivity index (χ2v) is 5.62. The molecule has 0 saturated heterocycles. The van der Waals surface area contributed by atoms with Gasteiger partial charge >= 0.3 is 0 Å². The summed E-state index contributed by atoms with van der Waals surface area (Å²) in [7, 11) is 0. The number of rotatable bonds is 7. The van der Waals surface area contributed by atoms with Crippen LogP contribution in [0.3, 0.4) is 0 Å². The Hall–Kier alpha value is -2.15. The van der Waals surface area contributed by atoms with Crippen molar-refractivity contribution in [3.8, 4) is 18.1 Å². The number of guanidine groups is 1. The number of hydrogen-bond acceptors (Lipinski definition) is 2. The van der Waals surface area contributed by atoms with Gasteiger partial charge < -0.3 is 15.4 Å². The van der Waals surface area contributed by atoms with Crippen molar-refractivity contribution < 1.29 is 4.74 Å². The molecule has 1 aromatic rings. The molecule has 4 heteroatoms. The zero-order valence-electron chi connectivity index (χ0n) is 13.5. The largest absolute Gasteiger partial charge is 0.493 e. The van der Waals surface area contributed by atoms with E-state index in [0.717, 1.165) is 36.3 Å². The molecule has 1 fully saturated rings. The van der Waals surface area contributed by atoms with E-state index in [4.69, 9.17) is 11.2 Å². The molecule has 2 rings (SSSR count). The highest BCUT2D eigenvalue weighted by Crippen LogP contribution is 2.30. The molecule has 0 amide bonds. The third-order valence-corrected chi connectivity index (χ3v) is 3.50. The molecule has 0 heterocycles. The average Bonchev–Trinajstić information content (AvgIpc) is 3.33. The molecule has 0 atom stereocenters. The van der Waals surface area contributed by atoms with Crippen LogP contribution in [-0.4, -0.2) is 25.7 Å². The molecule has 0 spiro atoms. The van der Waals surface area contributed by atoms with E-state index in [1.54, 1.807) is 0 Å². The van der Waals surface area contributed by atoms with E-state index in [-0.39, 0.29) is 0 Å². The summed E-state index contributed by atoms with van der Waals surface area (Å²) in [5.41, 5.74) is 2.31. The Balaban J connectivity index is 2.03. The van der Waals surface area contributed by atoms with E-state index in [9.17, 15) is 0 Å². The van der Waals surface area contributed by atoms with Crippen LogP contribution in [0, 0.1) is 25.2 Å². The molecule has 0 aromatic heterocycles. The fraction of sp³-hybridized carbons (Fsp3) is 0.500. The molecule has 118 valence electrons. The number of aryl methyl sites for hydroxylation is 1. The molecular weight excluding hydrogens is 274 g/mol. The van der Waals surface area contributed by atoms with Crippen molar-refractivity contribution in [2.45, 2.75) is 33.2 Å². The number of benzene rings is 1. The standard InChI is InChI=1S/C18H25N3O/c1-4-10-20-18(19-5-2)21-12-16-9-6-14(3)11-17(16)22-13-15-7-8-15/h1,6,9,11,15H,5,7-8,10,12-13H2,2-3H3,(H2,19,20,21). The average molecular weight is 299 g/mol. The molecule has 4 nitrogen and oxygen atoms in total. The highest BCUT2D eigenvalue weighted by molar-refractivity contribution is 5.80. The van der Waals surface area contributed by atoms with Gasteiger partial charge in [0.15, 0.2) is 5.96 Å². The first kappa shape index (κ1) is 16.2. The maximum atomic E-state index is 5.97. The zero-order valence-corrected chi connectivity index (χ0v) is 13.5. The van der Waals surface area contributed by atoms with Gasteiger partial charge in [0, 0.05) is 12.1 Å². The lowest BCUT2D eigenvalue weighted by atomic mass is 10.1. The fourth-order valence-electron chi connectivity index (χ4n) is 2.06. The molecule has 1 aliphatic carbocycles. The van der Waals surface area contributed by atoms with Crippen LogP contribution in [0.15, 0.2) is 23.2 Å². The van der Waals surface area contributed by atoms with Crippen LogP contribution in [0.2, 0.25) is 0 Å². The lowest BCUT2D eigenvalue weighted by Gasteiger charge is -2.12. The van der Waals surface area contributed by atoms with Crippen molar-refractivity contribution >= 4 is 5.96 Å². The summed E-state index contributed by atoms with van der Waals surface area (Å²) in [6, 6.07) is 6.28. The summed E-state index contributed by atoms with van der Waals surface area (Å²) < 4.78 is 5.97. The first-order valence-corrected chi connectivity index (χ1v) is 7.91. The molecule has 1 aromatic carbocycles. The second-order valence-electron chi connectivity index (χ2n) is 5.62. The molecule has 0 radical (unpaired) electrons. The fourth-order valence-corrected chi connectivity index (χ4v) is 2.06. The molecule has 0 unspecified atom stereocenters. The quantitative estimate of drug-likeness (QED) is 0.462. The van der Waals surface area contributed by atoms with Gasteiger partial charge in [-0.1, -0.05) is 18.1 Å². The highest BCUT2D eigenvalue weighted by Gasteiger charge is 2.22. The topological polar surface area (TPSA) is 45.7 Å². The SMILES string of the molecule is C#CCNC(=NCc1ccc(C)cc1OCC1CC1)NCC. The van der Waals surface area contributed by atoms with Crippen molar-refractivity contribution in [1.29, 1.82) is 0 Å². The summed E-state index contributed by atoms with van der Waals surface area (Å²) >= 11 is 0. The molecule has 1 saturated carbocycles. The van der Waals surface area contributed by atoms with E-state index >= 15 is 0 Å². The van der Waals surface area contributed by atoms with Gasteiger partial charge in [0.05, 0.1) is 19.7 Å². The third-order valence-electron chi connectivity index (χ3n) is 3.50. The minimum absolute atomic E-state index is 0.463. The summed E-state index contributed by atoms with van der Waals surface area (Å²) in [6.45, 7) is 6.76. The van der Waals surface area contributed by atoms with Crippen LogP contribution >= 0.6 is 0 Å². The lowest BCUT2D eigenvalue weighted by Crippen LogP contribution is -2.37. The Kier molecular flexibility index (Phi) is 6.14. The van der Waals surface area contributed by atoms with Crippen molar-refractivity contribution in [2.75, 3.05) is 19.7 Å². The van der Waals surface area contributed by atoms with Crippen molar-refractivity contribution in [3.05, 3.63) is 29.3 Å². The molecule has 2 N–H and O–H groups in total. The normalized spacial score (nSPS) is 14.3. The Morgan fingerprint density at radius 1 is 1.41 bits per heavy atom. The lowest BCUT2D eigenvalue weighted by molar-refractivity contribution is 0.296. The van der Waals surface area contributed by atoms with Crippen LogP contribution in [0.25, 0.3) is 0 Å². The van der Waals surface area contributed by atoms with Crippen LogP contribution in [0.5, 0.6) is 5.75 Å². The van der Waals surface area contributed by atoms with Gasteiger partial charge in [-0.3, -0.25) is 0 Å². The first-order valence-electron chi connectivity index (χ1n) is 7.91. The summed E-state index contributed by atoms with van der Waals surface area (Å²) in [4.78, 5) is 4.57. The van der Waals surface area contributed by atoms with E-state index in [1.165, 1.54) is 18.4 Å². The summed E-state index contributed by atoms with van der Waals surface area (Å²) in [5.74, 6) is 4.98. The molecule has 0 bridgehead atoms. The van der Waals surface area contributed by atoms with Gasteiger partial charge in [0.25, 0.3) is 0 Å². The van der Waals surface area contributed by atoms with E-state index in [1.807, 2.05) is 6.92 Å². The minimum atomic E-state index is 0.463.